The molecule has 21 heavy (non-hydrogen) atoms. The van der Waals surface area contributed by atoms with Gasteiger partial charge in [-0.1, -0.05) is 6.92 Å². The molecule has 0 aromatic carbocycles. The minimum atomic E-state index is 0.624. The Morgan fingerprint density at radius 1 is 1.29 bits per heavy atom. The van der Waals surface area contributed by atoms with Crippen LogP contribution in [-0.4, -0.2) is 55.8 Å². The molecular weight excluding hydrogens is 264 g/mol. The number of nitrogens with zero attached hydrogens (tertiary/aromatic N) is 3. The molecule has 0 spiro atoms. The Kier molecular flexibility index (Phi) is 6.26. The van der Waals surface area contributed by atoms with Gasteiger partial charge in [-0.05, 0) is 37.9 Å². The molecule has 0 aliphatic carbocycles. The maximum absolute atomic E-state index is 5.74. The van der Waals surface area contributed by atoms with Crippen LogP contribution in [0.3, 0.4) is 0 Å². The van der Waals surface area contributed by atoms with Crippen molar-refractivity contribution in [1.82, 2.24) is 9.88 Å². The third-order valence-corrected chi connectivity index (χ3v) is 4.30. The summed E-state index contributed by atoms with van der Waals surface area (Å²) in [5, 5.41) is 0. The van der Waals surface area contributed by atoms with E-state index in [1.165, 1.54) is 12.8 Å². The van der Waals surface area contributed by atoms with Gasteiger partial charge in [0.15, 0.2) is 0 Å². The SMILES string of the molecule is CCC(CCN)N1CCCN(c2ccc(OC)cn2)CC1. The highest BCUT2D eigenvalue weighted by Gasteiger charge is 2.21. The van der Waals surface area contributed by atoms with Crippen molar-refractivity contribution < 1.29 is 4.74 Å². The maximum Gasteiger partial charge on any atom is 0.137 e. The Balaban J connectivity index is 1.96. The van der Waals surface area contributed by atoms with Gasteiger partial charge in [0.05, 0.1) is 13.3 Å². The summed E-state index contributed by atoms with van der Waals surface area (Å²) in [5.41, 5.74) is 5.74. The molecular formula is C16H28N4O. The lowest BCUT2D eigenvalue weighted by Gasteiger charge is -2.29. The first-order chi connectivity index (χ1) is 10.3. The molecule has 1 fully saturated rings. The van der Waals surface area contributed by atoms with Crippen LogP contribution in [0.25, 0.3) is 0 Å². The lowest BCUT2D eigenvalue weighted by atomic mass is 10.1. The Labute approximate surface area is 128 Å². The molecule has 1 unspecified atom stereocenters. The second-order valence-electron chi connectivity index (χ2n) is 5.57. The number of pyridine rings is 1. The van der Waals surface area contributed by atoms with Crippen molar-refractivity contribution in [2.75, 3.05) is 44.7 Å². The van der Waals surface area contributed by atoms with E-state index in [2.05, 4.69) is 21.7 Å². The maximum atomic E-state index is 5.74. The Hall–Kier alpha value is -1.33. The summed E-state index contributed by atoms with van der Waals surface area (Å²) in [5.74, 6) is 1.86. The van der Waals surface area contributed by atoms with Crippen LogP contribution in [0.2, 0.25) is 0 Å². The molecule has 0 amide bonds. The summed E-state index contributed by atoms with van der Waals surface area (Å²) >= 11 is 0. The summed E-state index contributed by atoms with van der Waals surface area (Å²) in [6.45, 7) is 7.37. The summed E-state index contributed by atoms with van der Waals surface area (Å²) in [6.07, 6.45) is 5.24. The zero-order valence-electron chi connectivity index (χ0n) is 13.3. The fourth-order valence-electron chi connectivity index (χ4n) is 3.05. The summed E-state index contributed by atoms with van der Waals surface area (Å²) in [7, 11) is 1.67. The van der Waals surface area contributed by atoms with Gasteiger partial charge in [0.1, 0.15) is 11.6 Å². The summed E-state index contributed by atoms with van der Waals surface area (Å²) in [6, 6.07) is 4.65. The number of anilines is 1. The number of ether oxygens (including phenoxy) is 1. The topological polar surface area (TPSA) is 54.6 Å². The average Bonchev–Trinajstić information content (AvgIpc) is 2.78. The van der Waals surface area contributed by atoms with Crippen molar-refractivity contribution in [3.63, 3.8) is 0 Å². The van der Waals surface area contributed by atoms with Crippen molar-refractivity contribution in [1.29, 1.82) is 0 Å². The first kappa shape index (κ1) is 16.0. The van der Waals surface area contributed by atoms with Crippen LogP contribution in [0.5, 0.6) is 5.75 Å². The standard InChI is InChI=1S/C16H28N4O/c1-3-14(7-8-17)19-9-4-10-20(12-11-19)16-6-5-15(21-2)13-18-16/h5-6,13-14H,3-4,7-12,17H2,1-2H3. The van der Waals surface area contributed by atoms with E-state index in [1.807, 2.05) is 12.1 Å². The molecule has 2 rings (SSSR count). The predicted octanol–water partition coefficient (Wildman–Crippen LogP) is 1.73. The molecule has 0 bridgehead atoms. The van der Waals surface area contributed by atoms with Gasteiger partial charge in [0.2, 0.25) is 0 Å². The van der Waals surface area contributed by atoms with E-state index < -0.39 is 0 Å². The molecule has 2 N–H and O–H groups in total. The molecule has 1 aromatic heterocycles. The van der Waals surface area contributed by atoms with Gasteiger partial charge < -0.3 is 15.4 Å². The molecule has 5 heteroatoms. The molecule has 2 heterocycles. The highest BCUT2D eigenvalue weighted by atomic mass is 16.5. The monoisotopic (exact) mass is 292 g/mol. The molecule has 0 radical (unpaired) electrons. The molecule has 1 aliphatic rings. The molecule has 0 saturated carbocycles. The molecule has 1 atom stereocenters. The van der Waals surface area contributed by atoms with Gasteiger partial charge in [0.25, 0.3) is 0 Å². The minimum absolute atomic E-state index is 0.624. The van der Waals surface area contributed by atoms with Crippen molar-refractivity contribution >= 4 is 5.82 Å². The van der Waals surface area contributed by atoms with Crippen LogP contribution >= 0.6 is 0 Å². The van der Waals surface area contributed by atoms with Gasteiger partial charge in [-0.3, -0.25) is 4.90 Å². The van der Waals surface area contributed by atoms with E-state index in [9.17, 15) is 0 Å². The minimum Gasteiger partial charge on any atom is -0.495 e. The lowest BCUT2D eigenvalue weighted by molar-refractivity contribution is 0.196. The fraction of sp³-hybridized carbons (Fsp3) is 0.688. The second kappa shape index (κ2) is 8.20. The normalized spacial score (nSPS) is 18.3. The van der Waals surface area contributed by atoms with Gasteiger partial charge in [-0.2, -0.15) is 0 Å². The van der Waals surface area contributed by atoms with E-state index >= 15 is 0 Å². The lowest BCUT2D eigenvalue weighted by Crippen LogP contribution is -2.39. The van der Waals surface area contributed by atoms with Crippen molar-refractivity contribution in [3.05, 3.63) is 18.3 Å². The quantitative estimate of drug-likeness (QED) is 0.865. The Bertz CT molecular complexity index is 409. The highest BCUT2D eigenvalue weighted by Crippen LogP contribution is 2.19. The van der Waals surface area contributed by atoms with E-state index in [0.29, 0.717) is 6.04 Å². The van der Waals surface area contributed by atoms with E-state index in [1.54, 1.807) is 13.3 Å². The molecule has 1 saturated heterocycles. The fourth-order valence-corrected chi connectivity index (χ4v) is 3.05. The van der Waals surface area contributed by atoms with Crippen LogP contribution in [0.1, 0.15) is 26.2 Å². The third-order valence-electron chi connectivity index (χ3n) is 4.30. The highest BCUT2D eigenvalue weighted by molar-refractivity contribution is 5.41. The number of aromatic nitrogens is 1. The van der Waals surface area contributed by atoms with Crippen LogP contribution < -0.4 is 15.4 Å². The van der Waals surface area contributed by atoms with Crippen molar-refractivity contribution in [2.45, 2.75) is 32.2 Å². The number of hydrogen-bond acceptors (Lipinski definition) is 5. The zero-order chi connectivity index (χ0) is 15.1. The first-order valence-electron chi connectivity index (χ1n) is 7.97. The second-order valence-corrected chi connectivity index (χ2v) is 5.57. The number of methoxy groups -OCH3 is 1. The Morgan fingerprint density at radius 2 is 2.14 bits per heavy atom. The van der Waals surface area contributed by atoms with Gasteiger partial charge in [0, 0.05) is 32.2 Å². The average molecular weight is 292 g/mol. The molecule has 118 valence electrons. The van der Waals surface area contributed by atoms with Crippen LogP contribution in [0.15, 0.2) is 18.3 Å². The predicted molar refractivity (Wildman–Crippen MR) is 86.9 cm³/mol. The van der Waals surface area contributed by atoms with Gasteiger partial charge >= 0.3 is 0 Å². The van der Waals surface area contributed by atoms with Crippen molar-refractivity contribution in [2.24, 2.45) is 5.73 Å². The molecule has 1 aliphatic heterocycles. The van der Waals surface area contributed by atoms with E-state index in [-0.39, 0.29) is 0 Å². The van der Waals surface area contributed by atoms with Gasteiger partial charge in [-0.15, -0.1) is 0 Å². The largest absolute Gasteiger partial charge is 0.495 e. The smallest absolute Gasteiger partial charge is 0.137 e. The third kappa shape index (κ3) is 4.32. The number of hydrogen-bond donors (Lipinski definition) is 1. The van der Waals surface area contributed by atoms with Crippen LogP contribution in [0, 0.1) is 0 Å². The first-order valence-corrected chi connectivity index (χ1v) is 7.97. The van der Waals surface area contributed by atoms with E-state index in [4.69, 9.17) is 10.5 Å². The van der Waals surface area contributed by atoms with Crippen molar-refractivity contribution in [3.8, 4) is 5.75 Å². The number of rotatable bonds is 6. The van der Waals surface area contributed by atoms with Gasteiger partial charge in [-0.25, -0.2) is 4.98 Å². The Morgan fingerprint density at radius 3 is 2.76 bits per heavy atom. The van der Waals surface area contributed by atoms with Crippen LogP contribution in [0.4, 0.5) is 5.82 Å². The zero-order valence-corrected chi connectivity index (χ0v) is 13.3. The van der Waals surface area contributed by atoms with E-state index in [0.717, 1.165) is 50.7 Å². The molecule has 5 nitrogen and oxygen atoms in total. The number of nitrogens with two attached hydrogens (primary N) is 1. The summed E-state index contributed by atoms with van der Waals surface area (Å²) < 4.78 is 5.17. The summed E-state index contributed by atoms with van der Waals surface area (Å²) in [4.78, 5) is 9.47. The molecule has 1 aromatic rings. The van der Waals surface area contributed by atoms with Crippen LogP contribution in [-0.2, 0) is 0 Å².